The molecule has 5 nitrogen and oxygen atoms in total. The van der Waals surface area contributed by atoms with E-state index in [0.29, 0.717) is 42.3 Å². The number of hydrogen-bond acceptors (Lipinski definition) is 3. The molecule has 1 aliphatic heterocycles. The van der Waals surface area contributed by atoms with Crippen LogP contribution < -0.4 is 0 Å². The number of benzene rings is 1. The van der Waals surface area contributed by atoms with Gasteiger partial charge in [0.05, 0.1) is 12.1 Å². The van der Waals surface area contributed by atoms with Crippen LogP contribution in [0.3, 0.4) is 0 Å². The summed E-state index contributed by atoms with van der Waals surface area (Å²) in [7, 11) is 0. The van der Waals surface area contributed by atoms with E-state index < -0.39 is 11.9 Å². The lowest BCUT2D eigenvalue weighted by molar-refractivity contribution is -0.142. The number of aryl methyl sites for hydroxylation is 1. The van der Waals surface area contributed by atoms with E-state index >= 15 is 0 Å². The molecule has 2 aromatic heterocycles. The van der Waals surface area contributed by atoms with Crippen molar-refractivity contribution in [3.8, 4) is 0 Å². The van der Waals surface area contributed by atoms with Crippen molar-refractivity contribution in [2.45, 2.75) is 38.3 Å². The number of alkyl halides is 3. The summed E-state index contributed by atoms with van der Waals surface area (Å²) < 4.78 is 41.6. The Hall–Kier alpha value is -2.61. The summed E-state index contributed by atoms with van der Waals surface area (Å²) in [5, 5.41) is 4.48. The minimum atomic E-state index is -4.55. The van der Waals surface area contributed by atoms with E-state index in [1.807, 2.05) is 6.07 Å². The van der Waals surface area contributed by atoms with E-state index in [2.05, 4.69) is 10.1 Å². The SMILES string of the molecule is Cc1cc2nc([C@@H]3CCCN(C(=O)Cc4cccc(Cl)c4)C3)cc(C(F)(F)F)n2n1. The average molecular weight is 437 g/mol. The Balaban J connectivity index is 1.58. The van der Waals surface area contributed by atoms with Crippen LogP contribution in [0.5, 0.6) is 0 Å². The van der Waals surface area contributed by atoms with Crippen LogP contribution >= 0.6 is 11.6 Å². The summed E-state index contributed by atoms with van der Waals surface area (Å²) in [6.07, 6.45) is -2.96. The molecule has 30 heavy (non-hydrogen) atoms. The van der Waals surface area contributed by atoms with Gasteiger partial charge in [0.15, 0.2) is 5.65 Å². The normalized spacial score (nSPS) is 17.5. The Kier molecular flexibility index (Phi) is 5.44. The van der Waals surface area contributed by atoms with E-state index in [-0.39, 0.29) is 23.9 Å². The number of carbonyl (C=O) groups excluding carboxylic acids is 1. The van der Waals surface area contributed by atoms with Gasteiger partial charge in [-0.15, -0.1) is 0 Å². The Labute approximate surface area is 176 Å². The lowest BCUT2D eigenvalue weighted by Gasteiger charge is -2.33. The zero-order valence-corrected chi connectivity index (χ0v) is 17.0. The fraction of sp³-hybridized carbons (Fsp3) is 0.381. The van der Waals surface area contributed by atoms with Crippen LogP contribution in [0.2, 0.25) is 5.02 Å². The molecule has 4 rings (SSSR count). The van der Waals surface area contributed by atoms with Gasteiger partial charge in [-0.1, -0.05) is 23.7 Å². The van der Waals surface area contributed by atoms with Crippen LogP contribution in [0.4, 0.5) is 13.2 Å². The maximum absolute atomic E-state index is 13.6. The quantitative estimate of drug-likeness (QED) is 0.600. The first-order valence-corrected chi connectivity index (χ1v) is 10.1. The number of aromatic nitrogens is 3. The molecule has 1 aromatic carbocycles. The number of likely N-dealkylation sites (tertiary alicyclic amines) is 1. The summed E-state index contributed by atoms with van der Waals surface area (Å²) in [5.74, 6) is -0.331. The van der Waals surface area contributed by atoms with Crippen molar-refractivity contribution in [2.24, 2.45) is 0 Å². The minimum absolute atomic E-state index is 0.0701. The van der Waals surface area contributed by atoms with Crippen LogP contribution in [-0.2, 0) is 17.4 Å². The van der Waals surface area contributed by atoms with E-state index in [0.717, 1.165) is 16.1 Å². The molecule has 0 saturated carbocycles. The molecule has 0 radical (unpaired) electrons. The maximum atomic E-state index is 13.6. The van der Waals surface area contributed by atoms with Gasteiger partial charge in [0.1, 0.15) is 5.69 Å². The van der Waals surface area contributed by atoms with Gasteiger partial charge in [-0.25, -0.2) is 9.50 Å². The number of rotatable bonds is 3. The molecule has 3 aromatic rings. The Morgan fingerprint density at radius 2 is 2.07 bits per heavy atom. The highest BCUT2D eigenvalue weighted by molar-refractivity contribution is 6.30. The molecule has 1 atom stereocenters. The lowest BCUT2D eigenvalue weighted by atomic mass is 9.93. The summed E-state index contributed by atoms with van der Waals surface area (Å²) in [4.78, 5) is 18.9. The third kappa shape index (κ3) is 4.28. The van der Waals surface area contributed by atoms with Gasteiger partial charge in [0.2, 0.25) is 5.91 Å². The predicted octanol–water partition coefficient (Wildman–Crippen LogP) is 4.66. The molecule has 9 heteroatoms. The van der Waals surface area contributed by atoms with Crippen LogP contribution in [0.15, 0.2) is 36.4 Å². The van der Waals surface area contributed by atoms with Crippen molar-refractivity contribution >= 4 is 23.2 Å². The van der Waals surface area contributed by atoms with Crippen molar-refractivity contribution in [3.63, 3.8) is 0 Å². The number of carbonyl (C=O) groups is 1. The Morgan fingerprint density at radius 3 is 2.80 bits per heavy atom. The molecular formula is C21H20ClF3N4O. The molecule has 0 N–H and O–H groups in total. The van der Waals surface area contributed by atoms with Crippen molar-refractivity contribution in [3.05, 3.63) is 64.1 Å². The number of fused-ring (bicyclic) bond motifs is 1. The first-order chi connectivity index (χ1) is 14.2. The van der Waals surface area contributed by atoms with Crippen molar-refractivity contribution in [1.82, 2.24) is 19.5 Å². The second-order valence-electron chi connectivity index (χ2n) is 7.61. The van der Waals surface area contributed by atoms with E-state index in [9.17, 15) is 18.0 Å². The molecule has 0 spiro atoms. The summed E-state index contributed by atoms with van der Waals surface area (Å²) in [5.41, 5.74) is 0.933. The Bertz CT molecular complexity index is 1100. The number of nitrogens with zero attached hydrogens (tertiary/aromatic N) is 4. The molecule has 0 bridgehead atoms. The van der Waals surface area contributed by atoms with Crippen LogP contribution in [-0.4, -0.2) is 38.5 Å². The first kappa shape index (κ1) is 20.7. The molecule has 0 unspecified atom stereocenters. The third-order valence-corrected chi connectivity index (χ3v) is 5.53. The number of halogens is 4. The molecule has 158 valence electrons. The highest BCUT2D eigenvalue weighted by atomic mass is 35.5. The highest BCUT2D eigenvalue weighted by Crippen LogP contribution is 2.33. The standard InChI is InChI=1S/C21H20ClF3N4O/c1-13-8-19-26-17(11-18(21(23,24)25)29(19)27-13)15-5-3-7-28(12-15)20(30)10-14-4-2-6-16(22)9-14/h2,4,6,8-9,11,15H,3,5,7,10,12H2,1H3/t15-/m1/s1. The largest absolute Gasteiger partial charge is 0.433 e. The van der Waals surface area contributed by atoms with Crippen LogP contribution in [0, 0.1) is 6.92 Å². The first-order valence-electron chi connectivity index (χ1n) is 9.67. The van der Waals surface area contributed by atoms with Crippen molar-refractivity contribution < 1.29 is 18.0 Å². The Morgan fingerprint density at radius 1 is 1.27 bits per heavy atom. The van der Waals surface area contributed by atoms with Gasteiger partial charge < -0.3 is 4.90 Å². The summed E-state index contributed by atoms with van der Waals surface area (Å²) in [6.45, 7) is 2.55. The van der Waals surface area contributed by atoms with E-state index in [4.69, 9.17) is 11.6 Å². The zero-order valence-electron chi connectivity index (χ0n) is 16.3. The fourth-order valence-electron chi connectivity index (χ4n) is 3.90. The van der Waals surface area contributed by atoms with Gasteiger partial charge in [-0.2, -0.15) is 18.3 Å². The average Bonchev–Trinajstić information content (AvgIpc) is 3.06. The predicted molar refractivity (Wildman–Crippen MR) is 106 cm³/mol. The van der Waals surface area contributed by atoms with Gasteiger partial charge in [0, 0.05) is 35.8 Å². The number of amides is 1. The smallest absolute Gasteiger partial charge is 0.342 e. The zero-order chi connectivity index (χ0) is 21.5. The van der Waals surface area contributed by atoms with E-state index in [1.165, 1.54) is 6.07 Å². The fourth-order valence-corrected chi connectivity index (χ4v) is 4.11. The van der Waals surface area contributed by atoms with Gasteiger partial charge in [-0.3, -0.25) is 4.79 Å². The van der Waals surface area contributed by atoms with Gasteiger partial charge in [0.25, 0.3) is 0 Å². The molecule has 1 saturated heterocycles. The monoisotopic (exact) mass is 436 g/mol. The second kappa shape index (κ2) is 7.91. The molecule has 0 aliphatic carbocycles. The number of piperidine rings is 1. The topological polar surface area (TPSA) is 50.5 Å². The number of hydrogen-bond donors (Lipinski definition) is 0. The summed E-state index contributed by atoms with van der Waals surface area (Å²) in [6, 6.07) is 9.70. The maximum Gasteiger partial charge on any atom is 0.433 e. The van der Waals surface area contributed by atoms with Crippen molar-refractivity contribution in [1.29, 1.82) is 0 Å². The summed E-state index contributed by atoms with van der Waals surface area (Å²) >= 11 is 5.99. The van der Waals surface area contributed by atoms with Crippen LogP contribution in [0.25, 0.3) is 5.65 Å². The van der Waals surface area contributed by atoms with E-state index in [1.54, 1.807) is 30.0 Å². The lowest BCUT2D eigenvalue weighted by Crippen LogP contribution is -2.40. The third-order valence-electron chi connectivity index (χ3n) is 5.30. The van der Waals surface area contributed by atoms with Gasteiger partial charge in [-0.05, 0) is 43.5 Å². The second-order valence-corrected chi connectivity index (χ2v) is 8.04. The van der Waals surface area contributed by atoms with Crippen molar-refractivity contribution in [2.75, 3.05) is 13.1 Å². The molecule has 1 amide bonds. The molecule has 3 heterocycles. The molecule has 1 aliphatic rings. The van der Waals surface area contributed by atoms with Gasteiger partial charge >= 0.3 is 6.18 Å². The molecular weight excluding hydrogens is 417 g/mol. The van der Waals surface area contributed by atoms with Crippen LogP contribution in [0.1, 0.15) is 41.4 Å². The molecule has 1 fully saturated rings. The minimum Gasteiger partial charge on any atom is -0.342 e. The highest BCUT2D eigenvalue weighted by Gasteiger charge is 2.36.